The number of hydrogen-bond acceptors (Lipinski definition) is 4. The van der Waals surface area contributed by atoms with Crippen LogP contribution >= 0.6 is 0 Å². The van der Waals surface area contributed by atoms with E-state index < -0.39 is 0 Å². The van der Waals surface area contributed by atoms with Gasteiger partial charge in [0, 0.05) is 12.5 Å². The lowest BCUT2D eigenvalue weighted by Crippen LogP contribution is -2.24. The van der Waals surface area contributed by atoms with Crippen LogP contribution in [0.3, 0.4) is 0 Å². The third-order valence-electron chi connectivity index (χ3n) is 4.62. The molecule has 2 N–H and O–H groups in total. The minimum absolute atomic E-state index is 0.00531. The molecular weight excluding hydrogens is 304 g/mol. The Morgan fingerprint density at radius 2 is 1.79 bits per heavy atom. The van der Waals surface area contributed by atoms with Crippen LogP contribution in [0, 0.1) is 10.8 Å². The summed E-state index contributed by atoms with van der Waals surface area (Å²) in [6.45, 7) is 11.6. The topological polar surface area (TPSA) is 66.8 Å². The number of carbonyl (C=O) groups is 1. The Labute approximate surface area is 145 Å². The molecule has 1 aromatic rings. The van der Waals surface area contributed by atoms with Crippen molar-refractivity contribution >= 4 is 5.97 Å². The molecule has 1 rings (SSSR count). The summed E-state index contributed by atoms with van der Waals surface area (Å²) in [7, 11) is 0. The molecule has 0 aromatic heterocycles. The molecule has 0 radical (unpaired) electrons. The SMILES string of the molecule is CCC(C)(C)CC(C)(C)CCOC(=O)CCc1ccc(O)cc1O. The zero-order valence-electron chi connectivity index (χ0n) is 15.7. The molecule has 4 nitrogen and oxygen atoms in total. The number of hydrogen-bond donors (Lipinski definition) is 2. The molecule has 0 saturated carbocycles. The van der Waals surface area contributed by atoms with Gasteiger partial charge in [0.2, 0.25) is 0 Å². The van der Waals surface area contributed by atoms with Gasteiger partial charge >= 0.3 is 5.97 Å². The average Bonchev–Trinajstić information content (AvgIpc) is 2.45. The van der Waals surface area contributed by atoms with E-state index in [9.17, 15) is 15.0 Å². The second-order valence-electron chi connectivity index (χ2n) is 8.14. The van der Waals surface area contributed by atoms with Crippen LogP contribution in [0.1, 0.15) is 65.9 Å². The second-order valence-corrected chi connectivity index (χ2v) is 8.14. The Balaban J connectivity index is 2.36. The maximum atomic E-state index is 11.9. The number of carbonyl (C=O) groups excluding carboxylic acids is 1. The van der Waals surface area contributed by atoms with Crippen LogP contribution in [0.4, 0.5) is 0 Å². The quantitative estimate of drug-likeness (QED) is 0.635. The summed E-state index contributed by atoms with van der Waals surface area (Å²) in [6.07, 6.45) is 3.69. The van der Waals surface area contributed by atoms with Gasteiger partial charge in [0.1, 0.15) is 11.5 Å². The summed E-state index contributed by atoms with van der Waals surface area (Å²) >= 11 is 0. The second kappa shape index (κ2) is 8.41. The van der Waals surface area contributed by atoms with Crippen LogP contribution in [0.15, 0.2) is 18.2 Å². The maximum Gasteiger partial charge on any atom is 0.306 e. The van der Waals surface area contributed by atoms with E-state index in [1.807, 2.05) is 0 Å². The summed E-state index contributed by atoms with van der Waals surface area (Å²) < 4.78 is 5.34. The minimum Gasteiger partial charge on any atom is -0.508 e. The summed E-state index contributed by atoms with van der Waals surface area (Å²) in [6, 6.07) is 4.39. The van der Waals surface area contributed by atoms with Gasteiger partial charge in [0.05, 0.1) is 6.61 Å². The smallest absolute Gasteiger partial charge is 0.306 e. The highest BCUT2D eigenvalue weighted by molar-refractivity contribution is 5.69. The lowest BCUT2D eigenvalue weighted by Gasteiger charge is -2.34. The van der Waals surface area contributed by atoms with E-state index in [0.717, 1.165) is 19.3 Å². The molecule has 1 aromatic carbocycles. The molecular formula is C20H32O4. The molecule has 24 heavy (non-hydrogen) atoms. The molecule has 0 amide bonds. The van der Waals surface area contributed by atoms with Crippen LogP contribution in [-0.4, -0.2) is 22.8 Å². The van der Waals surface area contributed by atoms with Gasteiger partial charge in [0.25, 0.3) is 0 Å². The number of ether oxygens (including phenoxy) is 1. The molecule has 136 valence electrons. The first-order chi connectivity index (χ1) is 11.0. The normalized spacial score (nSPS) is 12.2. The van der Waals surface area contributed by atoms with Gasteiger partial charge in [-0.2, -0.15) is 0 Å². The van der Waals surface area contributed by atoms with Gasteiger partial charge in [0.15, 0.2) is 0 Å². The number of aromatic hydroxyl groups is 2. The first-order valence-electron chi connectivity index (χ1n) is 8.71. The standard InChI is InChI=1S/C20H32O4/c1-6-19(2,3)14-20(4,5)11-12-24-18(23)10-8-15-7-9-16(21)13-17(15)22/h7,9,13,21-22H,6,8,10-12,14H2,1-5H3. The monoisotopic (exact) mass is 336 g/mol. The molecule has 0 spiro atoms. The minimum atomic E-state index is -0.256. The van der Waals surface area contributed by atoms with Crippen LogP contribution < -0.4 is 0 Å². The number of esters is 1. The van der Waals surface area contributed by atoms with Crippen molar-refractivity contribution in [2.24, 2.45) is 10.8 Å². The Kier molecular flexibility index (Phi) is 7.12. The summed E-state index contributed by atoms with van der Waals surface area (Å²) in [5, 5.41) is 19.0. The van der Waals surface area contributed by atoms with Crippen molar-refractivity contribution in [1.29, 1.82) is 0 Å². The van der Waals surface area contributed by atoms with Gasteiger partial charge < -0.3 is 14.9 Å². The van der Waals surface area contributed by atoms with Crippen molar-refractivity contribution in [1.82, 2.24) is 0 Å². The molecule has 4 heteroatoms. The van der Waals surface area contributed by atoms with Crippen molar-refractivity contribution in [3.63, 3.8) is 0 Å². The van der Waals surface area contributed by atoms with Crippen molar-refractivity contribution in [3.8, 4) is 11.5 Å². The number of benzene rings is 1. The van der Waals surface area contributed by atoms with Gasteiger partial charge in [-0.1, -0.05) is 47.1 Å². The van der Waals surface area contributed by atoms with E-state index in [1.54, 1.807) is 6.07 Å². The third kappa shape index (κ3) is 7.24. The Hall–Kier alpha value is -1.71. The van der Waals surface area contributed by atoms with Crippen LogP contribution in [0.5, 0.6) is 11.5 Å². The van der Waals surface area contributed by atoms with E-state index in [0.29, 0.717) is 24.0 Å². The lowest BCUT2D eigenvalue weighted by molar-refractivity contribution is -0.144. The number of rotatable bonds is 9. The molecule has 0 saturated heterocycles. The first kappa shape index (κ1) is 20.3. The molecule has 0 heterocycles. The van der Waals surface area contributed by atoms with E-state index >= 15 is 0 Å². The largest absolute Gasteiger partial charge is 0.508 e. The van der Waals surface area contributed by atoms with Gasteiger partial charge in [-0.15, -0.1) is 0 Å². The molecule has 0 atom stereocenters. The third-order valence-corrected chi connectivity index (χ3v) is 4.62. The zero-order valence-corrected chi connectivity index (χ0v) is 15.7. The summed E-state index contributed by atoms with van der Waals surface area (Å²) in [5.41, 5.74) is 1.06. The highest BCUT2D eigenvalue weighted by Gasteiger charge is 2.27. The highest BCUT2D eigenvalue weighted by atomic mass is 16.5. The number of phenolic OH excluding ortho intramolecular Hbond substituents is 2. The summed E-state index contributed by atoms with van der Waals surface area (Å²) in [5.74, 6) is -0.241. The first-order valence-corrected chi connectivity index (χ1v) is 8.71. The Bertz CT molecular complexity index is 547. The molecule has 0 aliphatic rings. The Morgan fingerprint density at radius 3 is 2.38 bits per heavy atom. The van der Waals surface area contributed by atoms with Crippen LogP contribution in [-0.2, 0) is 16.0 Å². The maximum absolute atomic E-state index is 11.9. The Morgan fingerprint density at radius 1 is 1.12 bits per heavy atom. The fourth-order valence-corrected chi connectivity index (χ4v) is 3.02. The van der Waals surface area contributed by atoms with E-state index in [-0.39, 0.29) is 29.3 Å². The molecule has 0 aliphatic carbocycles. The van der Waals surface area contributed by atoms with Gasteiger partial charge in [-0.3, -0.25) is 4.79 Å². The highest BCUT2D eigenvalue weighted by Crippen LogP contribution is 2.38. The molecule has 0 aliphatic heterocycles. The van der Waals surface area contributed by atoms with Crippen molar-refractivity contribution < 1.29 is 19.7 Å². The lowest BCUT2D eigenvalue weighted by atomic mass is 9.72. The average molecular weight is 336 g/mol. The van der Waals surface area contributed by atoms with E-state index in [4.69, 9.17) is 4.74 Å². The molecule has 0 unspecified atom stereocenters. The number of aryl methyl sites for hydroxylation is 1. The van der Waals surface area contributed by atoms with Crippen LogP contribution in [0.25, 0.3) is 0 Å². The zero-order chi connectivity index (χ0) is 18.4. The fourth-order valence-electron chi connectivity index (χ4n) is 3.02. The predicted molar refractivity (Wildman–Crippen MR) is 96.1 cm³/mol. The van der Waals surface area contributed by atoms with E-state index in [2.05, 4.69) is 34.6 Å². The summed E-state index contributed by atoms with van der Waals surface area (Å²) in [4.78, 5) is 11.9. The fraction of sp³-hybridized carbons (Fsp3) is 0.650. The molecule has 0 bridgehead atoms. The van der Waals surface area contributed by atoms with Crippen molar-refractivity contribution in [2.45, 2.75) is 66.7 Å². The van der Waals surface area contributed by atoms with Crippen molar-refractivity contribution in [2.75, 3.05) is 6.61 Å². The number of phenols is 2. The predicted octanol–water partition coefficient (Wildman–Crippen LogP) is 4.82. The van der Waals surface area contributed by atoms with Crippen molar-refractivity contribution in [3.05, 3.63) is 23.8 Å². The van der Waals surface area contributed by atoms with Crippen LogP contribution in [0.2, 0.25) is 0 Å². The molecule has 0 fully saturated rings. The van der Waals surface area contributed by atoms with Gasteiger partial charge in [-0.05, 0) is 41.7 Å². The van der Waals surface area contributed by atoms with E-state index in [1.165, 1.54) is 12.1 Å². The van der Waals surface area contributed by atoms with Gasteiger partial charge in [-0.25, -0.2) is 0 Å².